The summed E-state index contributed by atoms with van der Waals surface area (Å²) in [6.07, 6.45) is -18.1. The molecule has 5 unspecified atom stereocenters. The Morgan fingerprint density at radius 3 is 1.06 bits per heavy atom. The Morgan fingerprint density at radius 1 is 0.314 bits per heavy atom. The van der Waals surface area contributed by atoms with Crippen molar-refractivity contribution in [2.75, 3.05) is 67.5 Å². The smallest absolute Gasteiger partial charge is 0.134 e. The second-order valence-electron chi connectivity index (χ2n) is 19.5. The number of ether oxygens (including phenoxy) is 5. The van der Waals surface area contributed by atoms with Crippen LogP contribution in [0.4, 0.5) is 0 Å². The van der Waals surface area contributed by atoms with E-state index in [9.17, 15) is 0 Å². The summed E-state index contributed by atoms with van der Waals surface area (Å²) in [6, 6.07) is -21.3. The van der Waals surface area contributed by atoms with Gasteiger partial charge in [0.1, 0.15) is 59.2 Å². The van der Waals surface area contributed by atoms with Gasteiger partial charge in [0.25, 0.3) is 0 Å². The standard InChI is InChI=1S/5C18H19NOS/c5*1-19-12-11-17(18-10-5-13-21-18)20-16-9-4-7-14-6-2-3-8-15(14)16/h5*2-10,13,17,19H,11-12H2,1H3/i1D3,2D,3D,4D,5D,6D,7D,8D,9D,10D,12D2,13D;1D3,2D,3D,4D,5D,6D,7D,8D,9D,10D,11D2,13D;1D3,2D,3D,4D,6D,7D,8D,9D,11D2,12D2,17D;1D3,2D,3D,4D,5D,6D,7D,8D,9D,10D,13D;1D3,2D,3D,4D,6D,7D,8D,9D,12D2,17D. The van der Waals surface area contributed by atoms with E-state index < -0.39 is 424 Å². The normalized spacial score (nSPS) is 24.0. The molecular formula is C90H95N5O5S5. The third-order valence-electron chi connectivity index (χ3n) is 13.0. The SMILES string of the molecule is [2H]c1c([2H])c([2H])c2c(OC([2H])(CC([2H])([2H])NC([2H])([2H])[2H])c3cccs3)c([2H])c([2H])c([2H])c2c1[2H].[2H]c1c([2H])c([2H])c2c(OC([2H])(c3cccs3)C([2H])([2H])C([2H])([2H])NC([2H])([2H])[2H])c([2H])c([2H])c([2H])c2c1[2H].[2H]c1sc(C(CC([2H])([2H])NC([2H])([2H])[2H])Oc2c([2H])c([2H])c([2H])c3c([2H])c([2H])c([2H])c([2H])c23)c([2H])c1[2H].[2H]c1sc(C(CCNC([2H])([2H])[2H])Oc2c([2H])c([2H])c([2H])c3c([2H])c([2H])c([2H])c([2H])c23)c([2H])c1[2H].[2H]c1sc(C(Oc2c([2H])c([2H])c([2H])c3c([2H])c([2H])c([2H])c([2H])c23)C([2H])([2H])CNC([2H])([2H])[2H])c([2H])c1[2H]. The summed E-state index contributed by atoms with van der Waals surface area (Å²) in [6.45, 7) is -24.0. The van der Waals surface area contributed by atoms with Crippen LogP contribution in [0.3, 0.4) is 0 Å². The highest BCUT2D eigenvalue weighted by atomic mass is 32.1. The number of thiophene rings is 5. The van der Waals surface area contributed by atoms with E-state index in [1.807, 2.05) is 10.6 Å². The van der Waals surface area contributed by atoms with Crippen molar-refractivity contribution in [2.45, 2.75) is 62.5 Å². The molecule has 0 saturated heterocycles. The van der Waals surface area contributed by atoms with E-state index in [2.05, 4.69) is 5.32 Å². The Hall–Kier alpha value is -9.20. The Balaban J connectivity index is 0.000000205. The number of rotatable bonds is 30. The quantitative estimate of drug-likeness (QED) is 0.0299. The van der Waals surface area contributed by atoms with E-state index in [-0.39, 0.29) is 76.3 Å². The molecule has 0 aliphatic rings. The summed E-state index contributed by atoms with van der Waals surface area (Å²) >= 11 is 3.63. The van der Waals surface area contributed by atoms with E-state index in [1.165, 1.54) is 28.9 Å². The minimum Gasteiger partial charge on any atom is -0.484 e. The average molecular weight is 1560 g/mol. The molecule has 5 atom stereocenters. The summed E-state index contributed by atoms with van der Waals surface area (Å²) in [5, 5.41) is 7.30. The summed E-state index contributed by atoms with van der Waals surface area (Å²) in [7, 11) is 0. The number of hydrogen-bond donors (Lipinski definition) is 5. The highest BCUT2D eigenvalue weighted by Crippen LogP contribution is 2.38. The first-order valence-electron chi connectivity index (χ1n) is 65.2. The fourth-order valence-electron chi connectivity index (χ4n) is 8.46. The fourth-order valence-corrected chi connectivity index (χ4v) is 11.6. The highest BCUT2D eigenvalue weighted by Gasteiger charge is 2.21. The van der Waals surface area contributed by atoms with Gasteiger partial charge in [-0.2, -0.15) is 0 Å². The van der Waals surface area contributed by atoms with Gasteiger partial charge in [0.05, 0.1) is 63.1 Å². The Morgan fingerprint density at radius 2 is 0.657 bits per heavy atom. The van der Waals surface area contributed by atoms with E-state index in [4.69, 9.17) is 121 Å². The van der Waals surface area contributed by atoms with Crippen molar-refractivity contribution in [3.63, 3.8) is 0 Å². The lowest BCUT2D eigenvalue weighted by molar-refractivity contribution is 0.201. The lowest BCUT2D eigenvalue weighted by atomic mass is 10.1. The molecule has 5 aromatic heterocycles. The number of hydrogen-bond acceptors (Lipinski definition) is 15. The third-order valence-corrected chi connectivity index (χ3v) is 17.1. The zero-order valence-electron chi connectivity index (χ0n) is 124. The molecule has 105 heavy (non-hydrogen) atoms. The molecule has 0 saturated carbocycles. The van der Waals surface area contributed by atoms with Gasteiger partial charge in [-0.05, 0) is 182 Å². The predicted molar refractivity (Wildman–Crippen MR) is 451 cm³/mol. The van der Waals surface area contributed by atoms with Crippen LogP contribution in [-0.4, -0.2) is 67.5 Å². The maximum atomic E-state index is 8.96. The zero-order valence-corrected chi connectivity index (χ0v) is 57.4. The number of fused-ring (bicyclic) bond motifs is 5. The van der Waals surface area contributed by atoms with Crippen molar-refractivity contribution < 1.29 is 121 Å². The largest absolute Gasteiger partial charge is 0.484 e. The molecule has 5 N–H and O–H groups in total. The van der Waals surface area contributed by atoms with Crippen LogP contribution >= 0.6 is 56.7 Å². The molecule has 0 fully saturated rings. The molecule has 540 valence electrons. The fraction of sp³-hybridized carbons (Fsp3) is 0.222. The van der Waals surface area contributed by atoms with Crippen LogP contribution in [0, 0.1) is 0 Å². The molecule has 0 radical (unpaired) electrons. The number of benzene rings is 10. The van der Waals surface area contributed by atoms with Gasteiger partial charge in [-0.25, -0.2) is 0 Å². The molecule has 10 aromatic carbocycles. The first-order valence-corrected chi connectivity index (χ1v) is 34.0. The zero-order chi connectivity index (χ0) is 134. The van der Waals surface area contributed by atoms with Gasteiger partial charge in [0, 0.05) is 118 Å². The van der Waals surface area contributed by atoms with Gasteiger partial charge in [-0.15, -0.1) is 56.7 Å². The van der Waals surface area contributed by atoms with Crippen molar-refractivity contribution in [2.24, 2.45) is 0 Å². The molecule has 0 bridgehead atoms. The van der Waals surface area contributed by atoms with E-state index in [0.29, 0.717) is 22.7 Å². The maximum absolute atomic E-state index is 8.96. The van der Waals surface area contributed by atoms with Crippen LogP contribution in [0.15, 0.2) is 299 Å². The molecular weight excluding hydrogens is 1390 g/mol. The van der Waals surface area contributed by atoms with Crippen molar-refractivity contribution in [3.05, 3.63) is 323 Å². The van der Waals surface area contributed by atoms with Gasteiger partial charge >= 0.3 is 0 Å². The highest BCUT2D eigenvalue weighted by molar-refractivity contribution is 7.11. The number of nitrogens with one attached hydrogen (secondary N) is 5. The molecule has 5 heterocycles. The average Bonchev–Trinajstić information content (AvgIpc) is 0.960. The maximum Gasteiger partial charge on any atom is 0.134 e. The van der Waals surface area contributed by atoms with Crippen LogP contribution in [-0.2, 0) is 0 Å². The Bertz CT molecular complexity index is 8820. The molecule has 15 rings (SSSR count). The summed E-state index contributed by atoms with van der Waals surface area (Å²) < 4.78 is 595. The van der Waals surface area contributed by atoms with Gasteiger partial charge < -0.3 is 50.3 Å². The molecule has 0 aliphatic carbocycles. The lowest BCUT2D eigenvalue weighted by Crippen LogP contribution is -2.15. The van der Waals surface area contributed by atoms with E-state index >= 15 is 0 Å². The van der Waals surface area contributed by atoms with Gasteiger partial charge in [-0.3, -0.25) is 0 Å². The topological polar surface area (TPSA) is 106 Å². The molecule has 0 aliphatic heterocycles. The van der Waals surface area contributed by atoms with Crippen molar-refractivity contribution >= 4 is 111 Å². The Labute approximate surface area is 739 Å². The third kappa shape index (κ3) is 22.4. The van der Waals surface area contributed by atoms with Crippen LogP contribution in [0.2, 0.25) is 0 Å². The van der Waals surface area contributed by atoms with Gasteiger partial charge in [0.2, 0.25) is 0 Å². The van der Waals surface area contributed by atoms with E-state index in [0.717, 1.165) is 34.0 Å². The van der Waals surface area contributed by atoms with Crippen LogP contribution in [0.1, 0.15) is 184 Å². The summed E-state index contributed by atoms with van der Waals surface area (Å²) in [4.78, 5) is -0.498. The van der Waals surface area contributed by atoms with Gasteiger partial charge in [0.15, 0.2) is 0 Å². The summed E-state index contributed by atoms with van der Waals surface area (Å²) in [5.74, 6) is -3.15. The minimum atomic E-state index is -3.51. The molecule has 15 aromatic rings. The first-order chi connectivity index (χ1) is 80.2. The summed E-state index contributed by atoms with van der Waals surface area (Å²) in [5.41, 5.74) is 0. The van der Waals surface area contributed by atoms with Crippen LogP contribution in [0.5, 0.6) is 28.7 Å². The van der Waals surface area contributed by atoms with Crippen LogP contribution < -0.4 is 50.3 Å². The lowest BCUT2D eigenvalue weighted by Gasteiger charge is -2.19. The minimum absolute atomic E-state index is 0.0914. The molecule has 10 nitrogen and oxygen atoms in total. The molecule has 0 amide bonds. The molecule has 15 heteroatoms. The monoisotopic (exact) mass is 1560 g/mol. The van der Waals surface area contributed by atoms with Crippen LogP contribution in [0.25, 0.3) is 53.9 Å². The second kappa shape index (κ2) is 42.1. The van der Waals surface area contributed by atoms with Crippen molar-refractivity contribution in [1.29, 1.82) is 0 Å². The molecule has 0 spiro atoms. The van der Waals surface area contributed by atoms with Crippen molar-refractivity contribution in [1.82, 2.24) is 26.6 Å². The van der Waals surface area contributed by atoms with Crippen molar-refractivity contribution in [3.8, 4) is 28.7 Å². The van der Waals surface area contributed by atoms with Gasteiger partial charge in [-0.1, -0.05) is 212 Å². The Kier molecular flexibility index (Phi) is 11.0. The predicted octanol–water partition coefficient (Wildman–Crippen LogP) is 23.2. The second-order valence-corrected chi connectivity index (χ2v) is 23.9. The van der Waals surface area contributed by atoms with E-state index in [1.54, 1.807) is 16.8 Å². The first kappa shape index (κ1) is 27.5.